The van der Waals surface area contributed by atoms with Gasteiger partial charge in [-0.15, -0.1) is 0 Å². The molecule has 3 rings (SSSR count). The van der Waals surface area contributed by atoms with E-state index in [0.29, 0.717) is 12.2 Å². The Morgan fingerprint density at radius 2 is 1.47 bits per heavy atom. The highest BCUT2D eigenvalue weighted by molar-refractivity contribution is 7.92. The van der Waals surface area contributed by atoms with Crippen LogP contribution in [0.2, 0.25) is 0 Å². The van der Waals surface area contributed by atoms with Crippen molar-refractivity contribution in [2.24, 2.45) is 5.92 Å². The van der Waals surface area contributed by atoms with Gasteiger partial charge in [0.1, 0.15) is 18.4 Å². The Bertz CT molecular complexity index is 1320. The van der Waals surface area contributed by atoms with Crippen LogP contribution in [0.4, 0.5) is 10.1 Å². The molecule has 1 atom stereocenters. The summed E-state index contributed by atoms with van der Waals surface area (Å²) in [6.07, 6.45) is 1.19. The maximum Gasteiger partial charge on any atom is 0.244 e. The molecular weight excluding hydrogens is 505 g/mol. The number of hydrogen-bond donors (Lipinski definition) is 1. The number of amides is 2. The van der Waals surface area contributed by atoms with Crippen LogP contribution in [0.3, 0.4) is 0 Å². The molecule has 0 spiro atoms. The number of halogens is 1. The van der Waals surface area contributed by atoms with Gasteiger partial charge in [0.2, 0.25) is 21.8 Å². The summed E-state index contributed by atoms with van der Waals surface area (Å²) in [4.78, 5) is 28.7. The van der Waals surface area contributed by atoms with Crippen LogP contribution in [0.25, 0.3) is 0 Å². The minimum Gasteiger partial charge on any atom is -0.354 e. The van der Waals surface area contributed by atoms with Crippen LogP contribution >= 0.6 is 0 Å². The van der Waals surface area contributed by atoms with E-state index in [1.165, 1.54) is 11.0 Å². The molecule has 0 aromatic heterocycles. The summed E-state index contributed by atoms with van der Waals surface area (Å²) in [6.45, 7) is 3.56. The fraction of sp³-hybridized carbons (Fsp3) is 0.310. The lowest BCUT2D eigenvalue weighted by Gasteiger charge is -2.33. The Morgan fingerprint density at radius 1 is 0.895 bits per heavy atom. The van der Waals surface area contributed by atoms with Crippen LogP contribution in [0.15, 0.2) is 84.9 Å². The number of benzene rings is 3. The number of anilines is 1. The monoisotopic (exact) mass is 539 g/mol. The molecular formula is C29H34FN3O4S. The SMILES string of the molecule is CC(C)CNC(=O)C(Cc1ccccc1)N(Cc1ccccc1F)C(=O)CN(c1ccccc1)S(C)(=O)=O. The van der Waals surface area contributed by atoms with Gasteiger partial charge in [-0.25, -0.2) is 12.8 Å². The molecule has 38 heavy (non-hydrogen) atoms. The fourth-order valence-electron chi connectivity index (χ4n) is 3.99. The highest BCUT2D eigenvalue weighted by Crippen LogP contribution is 2.21. The molecule has 0 aliphatic carbocycles. The second kappa shape index (κ2) is 13.2. The molecule has 0 bridgehead atoms. The molecule has 0 fully saturated rings. The number of nitrogens with zero attached hydrogens (tertiary/aromatic N) is 2. The lowest BCUT2D eigenvalue weighted by molar-refractivity contribution is -0.140. The Labute approximate surface area is 224 Å². The Morgan fingerprint density at radius 3 is 2.05 bits per heavy atom. The van der Waals surface area contributed by atoms with E-state index in [2.05, 4.69) is 5.32 Å². The molecule has 0 aliphatic rings. The number of carbonyl (C=O) groups is 2. The van der Waals surface area contributed by atoms with Crippen molar-refractivity contribution in [3.63, 3.8) is 0 Å². The third-order valence-electron chi connectivity index (χ3n) is 5.98. The molecule has 0 aliphatic heterocycles. The normalized spacial score (nSPS) is 12.1. The first kappa shape index (κ1) is 28.8. The second-order valence-corrected chi connectivity index (χ2v) is 11.5. The Hall–Kier alpha value is -3.72. The number of para-hydroxylation sites is 1. The third kappa shape index (κ3) is 8.14. The van der Waals surface area contributed by atoms with E-state index in [0.717, 1.165) is 16.1 Å². The zero-order chi connectivity index (χ0) is 27.7. The molecule has 9 heteroatoms. The minimum atomic E-state index is -3.84. The number of nitrogens with one attached hydrogen (secondary N) is 1. The van der Waals surface area contributed by atoms with Crippen LogP contribution in [-0.4, -0.2) is 50.5 Å². The largest absolute Gasteiger partial charge is 0.354 e. The summed E-state index contributed by atoms with van der Waals surface area (Å²) < 4.78 is 41.1. The van der Waals surface area contributed by atoms with Gasteiger partial charge >= 0.3 is 0 Å². The summed E-state index contributed by atoms with van der Waals surface area (Å²) in [5.41, 5.74) is 1.35. The van der Waals surface area contributed by atoms with E-state index < -0.39 is 40.2 Å². The molecule has 3 aromatic carbocycles. The molecule has 0 saturated carbocycles. The zero-order valence-electron chi connectivity index (χ0n) is 21.9. The van der Waals surface area contributed by atoms with E-state index in [1.54, 1.807) is 48.5 Å². The first-order chi connectivity index (χ1) is 18.1. The molecule has 3 aromatic rings. The van der Waals surface area contributed by atoms with Crippen LogP contribution in [0.1, 0.15) is 25.0 Å². The van der Waals surface area contributed by atoms with Crippen molar-refractivity contribution in [3.05, 3.63) is 102 Å². The van der Waals surface area contributed by atoms with Gasteiger partial charge in [-0.3, -0.25) is 13.9 Å². The highest BCUT2D eigenvalue weighted by atomic mass is 32.2. The smallest absolute Gasteiger partial charge is 0.244 e. The molecule has 2 amide bonds. The van der Waals surface area contributed by atoms with E-state index in [-0.39, 0.29) is 24.4 Å². The molecule has 0 radical (unpaired) electrons. The highest BCUT2D eigenvalue weighted by Gasteiger charge is 2.33. The standard InChI is InChI=1S/C29H34FN3O4S/c1-22(2)19-31-29(35)27(18-23-12-6-4-7-13-23)32(20-24-14-10-11-17-26(24)30)28(34)21-33(38(3,36)37)25-15-8-5-9-16-25/h4-17,22,27H,18-21H2,1-3H3,(H,31,35). The molecule has 1 N–H and O–H groups in total. The average molecular weight is 540 g/mol. The van der Waals surface area contributed by atoms with Crippen molar-refractivity contribution < 1.29 is 22.4 Å². The summed E-state index contributed by atoms with van der Waals surface area (Å²) >= 11 is 0. The van der Waals surface area contributed by atoms with Crippen molar-refractivity contribution in [1.29, 1.82) is 0 Å². The number of hydrogen-bond acceptors (Lipinski definition) is 4. The average Bonchev–Trinajstić information content (AvgIpc) is 2.89. The van der Waals surface area contributed by atoms with Crippen molar-refractivity contribution in [2.75, 3.05) is 23.7 Å². The van der Waals surface area contributed by atoms with Crippen molar-refractivity contribution in [3.8, 4) is 0 Å². The van der Waals surface area contributed by atoms with Gasteiger partial charge in [0.25, 0.3) is 0 Å². The fourth-order valence-corrected chi connectivity index (χ4v) is 4.84. The predicted octanol–water partition coefficient (Wildman–Crippen LogP) is 4.00. The van der Waals surface area contributed by atoms with E-state index in [1.807, 2.05) is 44.2 Å². The third-order valence-corrected chi connectivity index (χ3v) is 7.12. The Balaban J connectivity index is 2.04. The summed E-state index contributed by atoms with van der Waals surface area (Å²) in [6, 6.07) is 22.5. The van der Waals surface area contributed by atoms with Gasteiger partial charge in [0.05, 0.1) is 11.9 Å². The molecule has 7 nitrogen and oxygen atoms in total. The molecule has 0 saturated heterocycles. The van der Waals surface area contributed by atoms with Gasteiger partial charge < -0.3 is 10.2 Å². The number of carbonyl (C=O) groups excluding carboxylic acids is 2. The van der Waals surface area contributed by atoms with E-state index in [9.17, 15) is 22.4 Å². The summed E-state index contributed by atoms with van der Waals surface area (Å²) in [5.74, 6) is -1.36. The van der Waals surface area contributed by atoms with Gasteiger partial charge in [0.15, 0.2) is 0 Å². The number of rotatable bonds is 12. The molecule has 202 valence electrons. The maximum absolute atomic E-state index is 14.7. The second-order valence-electron chi connectivity index (χ2n) is 9.56. The lowest BCUT2D eigenvalue weighted by Crippen LogP contribution is -2.53. The first-order valence-electron chi connectivity index (χ1n) is 12.4. The quantitative estimate of drug-likeness (QED) is 0.377. The molecule has 0 heterocycles. The zero-order valence-corrected chi connectivity index (χ0v) is 22.7. The van der Waals surface area contributed by atoms with E-state index in [4.69, 9.17) is 0 Å². The first-order valence-corrected chi connectivity index (χ1v) is 14.3. The number of sulfonamides is 1. The van der Waals surface area contributed by atoms with Crippen LogP contribution in [0, 0.1) is 11.7 Å². The lowest BCUT2D eigenvalue weighted by atomic mass is 10.0. The van der Waals surface area contributed by atoms with Gasteiger partial charge in [-0.2, -0.15) is 0 Å². The van der Waals surface area contributed by atoms with Crippen molar-refractivity contribution in [1.82, 2.24) is 10.2 Å². The molecule has 1 unspecified atom stereocenters. The van der Waals surface area contributed by atoms with Gasteiger partial charge in [0, 0.05) is 25.1 Å². The van der Waals surface area contributed by atoms with Crippen LogP contribution in [0.5, 0.6) is 0 Å². The van der Waals surface area contributed by atoms with Crippen LogP contribution in [-0.2, 0) is 32.6 Å². The van der Waals surface area contributed by atoms with Crippen molar-refractivity contribution >= 4 is 27.5 Å². The van der Waals surface area contributed by atoms with Gasteiger partial charge in [-0.05, 0) is 29.7 Å². The van der Waals surface area contributed by atoms with Gasteiger partial charge in [-0.1, -0.05) is 80.6 Å². The predicted molar refractivity (Wildman–Crippen MR) is 147 cm³/mol. The van der Waals surface area contributed by atoms with Crippen LogP contribution < -0.4 is 9.62 Å². The van der Waals surface area contributed by atoms with Crippen molar-refractivity contribution in [2.45, 2.75) is 32.9 Å². The summed E-state index contributed by atoms with van der Waals surface area (Å²) in [5, 5.41) is 2.90. The summed E-state index contributed by atoms with van der Waals surface area (Å²) in [7, 11) is -3.84. The Kier molecular flexibility index (Phi) is 10.0. The minimum absolute atomic E-state index is 0.172. The maximum atomic E-state index is 14.7. The van der Waals surface area contributed by atoms with E-state index >= 15 is 0 Å². The topological polar surface area (TPSA) is 86.8 Å².